The van der Waals surface area contributed by atoms with E-state index < -0.39 is 11.3 Å². The van der Waals surface area contributed by atoms with Crippen LogP contribution in [0.25, 0.3) is 10.8 Å². The number of amides is 1. The molecule has 8 heteroatoms. The molecule has 2 atom stereocenters. The molecule has 3 aromatic carbocycles. The molecule has 0 saturated carbocycles. The summed E-state index contributed by atoms with van der Waals surface area (Å²) in [6, 6.07) is 24.1. The number of methoxy groups -OCH3 is 2. The molecule has 1 aliphatic rings. The highest BCUT2D eigenvalue weighted by atomic mass is 16.5. The van der Waals surface area contributed by atoms with Crippen LogP contribution in [0, 0.1) is 16.7 Å². The van der Waals surface area contributed by atoms with Gasteiger partial charge in [0.2, 0.25) is 5.91 Å². The summed E-state index contributed by atoms with van der Waals surface area (Å²) in [5.41, 5.74) is 0.103. The Bertz CT molecular complexity index is 1480. The maximum Gasteiger partial charge on any atom is 0.246 e. The summed E-state index contributed by atoms with van der Waals surface area (Å²) in [7, 11) is 3.14. The third kappa shape index (κ3) is 4.89. The fraction of sp³-hybridized carbons (Fsp3) is 0.290. The zero-order chi connectivity index (χ0) is 27.2. The van der Waals surface area contributed by atoms with E-state index in [1.807, 2.05) is 66.7 Å². The predicted octanol–water partition coefficient (Wildman–Crippen LogP) is 4.28. The second-order valence-electron chi connectivity index (χ2n) is 9.60. The van der Waals surface area contributed by atoms with Gasteiger partial charge in [0.1, 0.15) is 11.6 Å². The van der Waals surface area contributed by atoms with Crippen molar-refractivity contribution in [3.63, 3.8) is 0 Å². The number of fused-ring (bicyclic) bond motifs is 1. The highest BCUT2D eigenvalue weighted by Crippen LogP contribution is 2.48. The van der Waals surface area contributed by atoms with Gasteiger partial charge in [-0.3, -0.25) is 9.78 Å². The average Bonchev–Trinajstić information content (AvgIpc) is 3.01. The van der Waals surface area contributed by atoms with Gasteiger partial charge < -0.3 is 19.3 Å². The summed E-state index contributed by atoms with van der Waals surface area (Å²) < 4.78 is 11.4. The van der Waals surface area contributed by atoms with E-state index in [0.29, 0.717) is 31.9 Å². The second kappa shape index (κ2) is 11.5. The highest BCUT2D eigenvalue weighted by molar-refractivity contribution is 5.92. The van der Waals surface area contributed by atoms with Crippen molar-refractivity contribution in [2.45, 2.75) is 5.92 Å². The van der Waals surface area contributed by atoms with Crippen LogP contribution in [-0.2, 0) is 9.53 Å². The molecule has 2 unspecified atom stereocenters. The molecule has 198 valence electrons. The number of rotatable bonds is 8. The molecule has 0 N–H and O–H groups in total. The summed E-state index contributed by atoms with van der Waals surface area (Å²) in [5, 5.41) is 12.9. The zero-order valence-corrected chi connectivity index (χ0v) is 22.2. The number of piperazine rings is 1. The van der Waals surface area contributed by atoms with Crippen LogP contribution in [0.15, 0.2) is 85.3 Å². The minimum Gasteiger partial charge on any atom is -0.496 e. The maximum atomic E-state index is 14.5. The Kier molecular flexibility index (Phi) is 7.71. The van der Waals surface area contributed by atoms with E-state index >= 15 is 0 Å². The van der Waals surface area contributed by atoms with Gasteiger partial charge in [-0.25, -0.2) is 4.98 Å². The quantitative estimate of drug-likeness (QED) is 0.342. The van der Waals surface area contributed by atoms with E-state index in [9.17, 15) is 10.1 Å². The van der Waals surface area contributed by atoms with Crippen molar-refractivity contribution in [1.29, 1.82) is 5.26 Å². The Morgan fingerprint density at radius 2 is 1.69 bits per heavy atom. The van der Waals surface area contributed by atoms with E-state index in [4.69, 9.17) is 9.47 Å². The lowest BCUT2D eigenvalue weighted by Crippen LogP contribution is -2.56. The fourth-order valence-corrected chi connectivity index (χ4v) is 5.62. The Hall–Kier alpha value is -4.48. The van der Waals surface area contributed by atoms with E-state index in [2.05, 4.69) is 20.9 Å². The van der Waals surface area contributed by atoms with Gasteiger partial charge >= 0.3 is 0 Å². The van der Waals surface area contributed by atoms with Gasteiger partial charge in [-0.1, -0.05) is 60.7 Å². The predicted molar refractivity (Wildman–Crippen MR) is 150 cm³/mol. The normalized spacial score (nSPS) is 15.8. The number of anilines is 1. The minimum absolute atomic E-state index is 0.0708. The smallest absolute Gasteiger partial charge is 0.246 e. The summed E-state index contributed by atoms with van der Waals surface area (Å²) in [6.07, 6.45) is 5.02. The van der Waals surface area contributed by atoms with Crippen LogP contribution in [0.2, 0.25) is 0 Å². The van der Waals surface area contributed by atoms with Crippen LogP contribution in [0.4, 0.5) is 5.82 Å². The molecule has 0 spiro atoms. The summed E-state index contributed by atoms with van der Waals surface area (Å²) in [4.78, 5) is 27.0. The Morgan fingerprint density at radius 1 is 0.974 bits per heavy atom. The first-order chi connectivity index (χ1) is 19.1. The van der Waals surface area contributed by atoms with Gasteiger partial charge in [0.05, 0.1) is 26.0 Å². The second-order valence-corrected chi connectivity index (χ2v) is 9.60. The van der Waals surface area contributed by atoms with E-state index in [0.717, 1.165) is 27.7 Å². The van der Waals surface area contributed by atoms with Crippen LogP contribution >= 0.6 is 0 Å². The Balaban J connectivity index is 1.61. The molecule has 1 aliphatic heterocycles. The molecule has 0 aliphatic carbocycles. The molecular weight excluding hydrogens is 490 g/mol. The number of benzene rings is 3. The van der Waals surface area contributed by atoms with E-state index in [-0.39, 0.29) is 12.5 Å². The number of carbonyl (C=O) groups is 1. The van der Waals surface area contributed by atoms with Crippen molar-refractivity contribution in [3.05, 3.63) is 96.4 Å². The van der Waals surface area contributed by atoms with Crippen molar-refractivity contribution in [2.24, 2.45) is 5.41 Å². The average molecular weight is 522 g/mol. The molecule has 39 heavy (non-hydrogen) atoms. The number of hydrogen-bond donors (Lipinski definition) is 0. The van der Waals surface area contributed by atoms with Crippen LogP contribution in [0.3, 0.4) is 0 Å². The minimum atomic E-state index is -1.54. The molecule has 0 bridgehead atoms. The summed E-state index contributed by atoms with van der Waals surface area (Å²) in [6.45, 7) is 2.02. The van der Waals surface area contributed by atoms with Gasteiger partial charge in [0, 0.05) is 57.2 Å². The molecule has 1 saturated heterocycles. The molecule has 1 fully saturated rings. The number of para-hydroxylation sites is 1. The molecule has 2 heterocycles. The third-order valence-corrected chi connectivity index (χ3v) is 7.47. The van der Waals surface area contributed by atoms with Crippen LogP contribution < -0.4 is 9.64 Å². The third-order valence-electron chi connectivity index (χ3n) is 7.47. The van der Waals surface area contributed by atoms with Gasteiger partial charge in [-0.15, -0.1) is 0 Å². The number of aromatic nitrogens is 2. The number of nitrogens with zero attached hydrogens (tertiary/aromatic N) is 5. The van der Waals surface area contributed by atoms with Crippen LogP contribution in [-0.4, -0.2) is 67.8 Å². The monoisotopic (exact) mass is 521 g/mol. The number of ether oxygens (including phenoxy) is 2. The van der Waals surface area contributed by atoms with E-state index in [1.54, 1.807) is 30.6 Å². The molecular formula is C31H31N5O3. The molecule has 8 nitrogen and oxygen atoms in total. The zero-order valence-electron chi connectivity index (χ0n) is 22.2. The van der Waals surface area contributed by atoms with Crippen LogP contribution in [0.5, 0.6) is 5.75 Å². The van der Waals surface area contributed by atoms with Gasteiger partial charge in [0.25, 0.3) is 0 Å². The van der Waals surface area contributed by atoms with Crippen molar-refractivity contribution < 1.29 is 14.3 Å². The van der Waals surface area contributed by atoms with Crippen LogP contribution in [0.1, 0.15) is 17.0 Å². The maximum absolute atomic E-state index is 14.5. The molecule has 1 amide bonds. The Morgan fingerprint density at radius 3 is 2.41 bits per heavy atom. The molecule has 1 aromatic heterocycles. The number of carbonyl (C=O) groups excluding carboxylic acids is 1. The van der Waals surface area contributed by atoms with Gasteiger partial charge in [0.15, 0.2) is 5.41 Å². The number of hydrogen-bond acceptors (Lipinski definition) is 7. The fourth-order valence-electron chi connectivity index (χ4n) is 5.62. The van der Waals surface area contributed by atoms with Crippen molar-refractivity contribution in [1.82, 2.24) is 14.9 Å². The first-order valence-electron chi connectivity index (χ1n) is 12.9. The highest BCUT2D eigenvalue weighted by Gasteiger charge is 2.51. The first-order valence-corrected chi connectivity index (χ1v) is 12.9. The van der Waals surface area contributed by atoms with Crippen molar-refractivity contribution in [2.75, 3.05) is 51.9 Å². The Labute approximate surface area is 228 Å². The van der Waals surface area contributed by atoms with Gasteiger partial charge in [-0.2, -0.15) is 5.26 Å². The van der Waals surface area contributed by atoms with E-state index in [1.165, 1.54) is 7.11 Å². The first kappa shape index (κ1) is 26.1. The molecule has 5 rings (SSSR count). The lowest BCUT2D eigenvalue weighted by atomic mass is 9.67. The van der Waals surface area contributed by atoms with Crippen molar-refractivity contribution in [3.8, 4) is 11.8 Å². The molecule has 4 aromatic rings. The lowest BCUT2D eigenvalue weighted by molar-refractivity contribution is -0.142. The molecule has 0 radical (unpaired) electrons. The topological polar surface area (TPSA) is 91.6 Å². The standard InChI is InChI=1S/C31H31N5O3/c1-38-22-31(21-32,30(37)36-18-16-35(17-19-36)28-20-33-14-15-34-28)29(26-11-5-6-13-27(26)39-2)25-12-7-9-23-8-3-4-10-24(23)25/h3-15,20,29H,16-19,22H2,1-2H3. The van der Waals surface area contributed by atoms with Gasteiger partial charge in [-0.05, 0) is 22.4 Å². The van der Waals surface area contributed by atoms with Crippen molar-refractivity contribution >= 4 is 22.5 Å². The lowest BCUT2D eigenvalue weighted by Gasteiger charge is -2.42. The SMILES string of the molecule is COCC(C#N)(C(=O)N1CCN(c2cnccn2)CC1)C(c1ccccc1OC)c1cccc2ccccc12. The summed E-state index contributed by atoms with van der Waals surface area (Å²) in [5.74, 6) is 0.492. The number of nitriles is 1. The largest absolute Gasteiger partial charge is 0.496 e. The summed E-state index contributed by atoms with van der Waals surface area (Å²) >= 11 is 0.